The molecule has 0 spiro atoms. The van der Waals surface area contributed by atoms with Gasteiger partial charge in [0, 0.05) is 11.9 Å². The predicted molar refractivity (Wildman–Crippen MR) is 72.5 cm³/mol. The van der Waals surface area contributed by atoms with Crippen LogP contribution in [-0.2, 0) is 0 Å². The van der Waals surface area contributed by atoms with Crippen LogP contribution in [-0.4, -0.2) is 12.1 Å². The number of anilines is 1. The SMILES string of the molecule is COc1cccnc1C(N)Nc1ccc(C#N)cc1. The number of pyridine rings is 1. The third-order valence-corrected chi connectivity index (χ3v) is 2.65. The summed E-state index contributed by atoms with van der Waals surface area (Å²) in [6.07, 6.45) is 1.18. The van der Waals surface area contributed by atoms with Crippen LogP contribution in [0.5, 0.6) is 5.75 Å². The van der Waals surface area contributed by atoms with Crippen molar-refractivity contribution in [3.63, 3.8) is 0 Å². The van der Waals surface area contributed by atoms with E-state index in [9.17, 15) is 0 Å². The Labute approximate surface area is 111 Å². The lowest BCUT2D eigenvalue weighted by molar-refractivity contribution is 0.404. The van der Waals surface area contributed by atoms with E-state index in [0.717, 1.165) is 5.69 Å². The molecule has 1 atom stereocenters. The van der Waals surface area contributed by atoms with Crippen LogP contribution in [0.15, 0.2) is 42.6 Å². The van der Waals surface area contributed by atoms with Crippen molar-refractivity contribution in [1.29, 1.82) is 5.26 Å². The van der Waals surface area contributed by atoms with E-state index in [1.165, 1.54) is 0 Å². The molecule has 0 aliphatic heterocycles. The van der Waals surface area contributed by atoms with Crippen LogP contribution < -0.4 is 15.8 Å². The summed E-state index contributed by atoms with van der Waals surface area (Å²) in [5, 5.41) is 11.8. The molecule has 5 nitrogen and oxygen atoms in total. The van der Waals surface area contributed by atoms with Gasteiger partial charge in [0.15, 0.2) is 0 Å². The second-order valence-electron chi connectivity index (χ2n) is 3.90. The number of rotatable bonds is 4. The summed E-state index contributed by atoms with van der Waals surface area (Å²) in [5.41, 5.74) is 8.11. The Bertz CT molecular complexity index is 589. The number of aromatic nitrogens is 1. The number of methoxy groups -OCH3 is 1. The lowest BCUT2D eigenvalue weighted by Gasteiger charge is -2.17. The number of nitrogens with one attached hydrogen (secondary N) is 1. The summed E-state index contributed by atoms with van der Waals surface area (Å²) in [7, 11) is 1.58. The normalized spacial score (nSPS) is 11.4. The molecule has 0 saturated heterocycles. The molecule has 96 valence electrons. The molecule has 0 fully saturated rings. The minimum Gasteiger partial charge on any atom is -0.495 e. The number of benzene rings is 1. The molecule has 0 amide bonds. The number of nitrogens with two attached hydrogens (primary N) is 1. The van der Waals surface area contributed by atoms with Crippen LogP contribution in [0.4, 0.5) is 5.69 Å². The van der Waals surface area contributed by atoms with Crippen LogP contribution >= 0.6 is 0 Å². The van der Waals surface area contributed by atoms with Crippen molar-refractivity contribution in [2.24, 2.45) is 5.73 Å². The molecule has 5 heteroatoms. The lowest BCUT2D eigenvalue weighted by atomic mass is 10.2. The molecule has 0 saturated carbocycles. The minimum absolute atomic E-state index is 0.482. The van der Waals surface area contributed by atoms with E-state index < -0.39 is 6.17 Å². The number of nitrogens with zero attached hydrogens (tertiary/aromatic N) is 2. The lowest BCUT2D eigenvalue weighted by Crippen LogP contribution is -2.21. The Morgan fingerprint density at radius 1 is 1.32 bits per heavy atom. The van der Waals surface area contributed by atoms with E-state index in [1.54, 1.807) is 43.6 Å². The summed E-state index contributed by atoms with van der Waals surface area (Å²) < 4.78 is 5.22. The summed E-state index contributed by atoms with van der Waals surface area (Å²) in [6.45, 7) is 0. The zero-order valence-corrected chi connectivity index (χ0v) is 10.5. The highest BCUT2D eigenvalue weighted by molar-refractivity contribution is 5.49. The molecule has 1 heterocycles. The van der Waals surface area contributed by atoms with Crippen molar-refractivity contribution in [2.45, 2.75) is 6.17 Å². The molecular formula is C14H14N4O. The quantitative estimate of drug-likeness (QED) is 0.815. The Kier molecular flexibility index (Phi) is 3.96. The number of hydrogen-bond acceptors (Lipinski definition) is 5. The van der Waals surface area contributed by atoms with Crippen LogP contribution in [0.3, 0.4) is 0 Å². The first-order valence-corrected chi connectivity index (χ1v) is 5.76. The van der Waals surface area contributed by atoms with Gasteiger partial charge in [0.1, 0.15) is 17.6 Å². The third-order valence-electron chi connectivity index (χ3n) is 2.65. The molecule has 19 heavy (non-hydrogen) atoms. The third kappa shape index (κ3) is 3.00. The van der Waals surface area contributed by atoms with Gasteiger partial charge in [0.2, 0.25) is 0 Å². The average Bonchev–Trinajstić information content (AvgIpc) is 2.48. The molecule has 0 radical (unpaired) electrons. The van der Waals surface area contributed by atoms with Gasteiger partial charge in [0.25, 0.3) is 0 Å². The van der Waals surface area contributed by atoms with Gasteiger partial charge in [-0.15, -0.1) is 0 Å². The first kappa shape index (κ1) is 12.9. The van der Waals surface area contributed by atoms with Gasteiger partial charge in [-0.2, -0.15) is 5.26 Å². The standard InChI is InChI=1S/C14H14N4O/c1-19-12-3-2-8-17-13(12)14(16)18-11-6-4-10(9-15)5-7-11/h2-8,14,18H,16H2,1H3. The summed E-state index contributed by atoms with van der Waals surface area (Å²) in [4.78, 5) is 4.21. The molecule has 1 aromatic carbocycles. The molecule has 1 aromatic heterocycles. The van der Waals surface area contributed by atoms with Gasteiger partial charge in [0.05, 0.1) is 18.7 Å². The van der Waals surface area contributed by atoms with Gasteiger partial charge >= 0.3 is 0 Å². The van der Waals surface area contributed by atoms with E-state index in [0.29, 0.717) is 17.0 Å². The Morgan fingerprint density at radius 3 is 2.68 bits per heavy atom. The average molecular weight is 254 g/mol. The van der Waals surface area contributed by atoms with Gasteiger partial charge in [-0.1, -0.05) is 0 Å². The van der Waals surface area contributed by atoms with Crippen LogP contribution in [0, 0.1) is 11.3 Å². The van der Waals surface area contributed by atoms with Gasteiger partial charge in [-0.25, -0.2) is 0 Å². The molecular weight excluding hydrogens is 240 g/mol. The first-order chi connectivity index (χ1) is 9.24. The maximum Gasteiger partial charge on any atom is 0.143 e. The molecule has 0 bridgehead atoms. The summed E-state index contributed by atoms with van der Waals surface area (Å²) >= 11 is 0. The van der Waals surface area contributed by atoms with Crippen molar-refractivity contribution < 1.29 is 4.74 Å². The largest absolute Gasteiger partial charge is 0.495 e. The highest BCUT2D eigenvalue weighted by Gasteiger charge is 2.12. The zero-order chi connectivity index (χ0) is 13.7. The van der Waals surface area contributed by atoms with Crippen molar-refractivity contribution in [1.82, 2.24) is 4.98 Å². The first-order valence-electron chi connectivity index (χ1n) is 5.76. The van der Waals surface area contributed by atoms with Crippen LogP contribution in [0.1, 0.15) is 17.4 Å². The smallest absolute Gasteiger partial charge is 0.143 e. The molecule has 0 aliphatic carbocycles. The summed E-state index contributed by atoms with van der Waals surface area (Å²) in [6, 6.07) is 12.7. The molecule has 2 aromatic rings. The van der Waals surface area contributed by atoms with E-state index in [-0.39, 0.29) is 0 Å². The van der Waals surface area contributed by atoms with Gasteiger partial charge in [-0.05, 0) is 36.4 Å². The van der Waals surface area contributed by atoms with Crippen LogP contribution in [0.2, 0.25) is 0 Å². The van der Waals surface area contributed by atoms with Crippen molar-refractivity contribution in [2.75, 3.05) is 12.4 Å². The zero-order valence-electron chi connectivity index (χ0n) is 10.5. The Balaban J connectivity index is 2.16. The second kappa shape index (κ2) is 5.85. The number of ether oxygens (including phenoxy) is 1. The van der Waals surface area contributed by atoms with E-state index in [4.69, 9.17) is 15.7 Å². The molecule has 1 unspecified atom stereocenters. The predicted octanol–water partition coefficient (Wildman–Crippen LogP) is 2.03. The fraction of sp³-hybridized carbons (Fsp3) is 0.143. The number of hydrogen-bond donors (Lipinski definition) is 2. The van der Waals surface area contributed by atoms with E-state index >= 15 is 0 Å². The van der Waals surface area contributed by atoms with Crippen molar-refractivity contribution in [3.05, 3.63) is 53.9 Å². The second-order valence-corrected chi connectivity index (χ2v) is 3.90. The van der Waals surface area contributed by atoms with Gasteiger partial charge in [-0.3, -0.25) is 4.98 Å². The number of nitriles is 1. The van der Waals surface area contributed by atoms with Gasteiger partial charge < -0.3 is 15.8 Å². The highest BCUT2D eigenvalue weighted by Crippen LogP contribution is 2.22. The maximum atomic E-state index is 8.74. The maximum absolute atomic E-state index is 8.74. The fourth-order valence-electron chi connectivity index (χ4n) is 1.70. The highest BCUT2D eigenvalue weighted by atomic mass is 16.5. The van der Waals surface area contributed by atoms with Crippen molar-refractivity contribution in [3.8, 4) is 11.8 Å². The van der Waals surface area contributed by atoms with Crippen molar-refractivity contribution >= 4 is 5.69 Å². The minimum atomic E-state index is -0.482. The molecule has 0 aliphatic rings. The summed E-state index contributed by atoms with van der Waals surface area (Å²) in [5.74, 6) is 0.635. The Hall–Kier alpha value is -2.58. The van der Waals surface area contributed by atoms with E-state index in [2.05, 4.69) is 16.4 Å². The van der Waals surface area contributed by atoms with E-state index in [1.807, 2.05) is 6.07 Å². The molecule has 3 N–H and O–H groups in total. The Morgan fingerprint density at radius 2 is 2.05 bits per heavy atom. The molecule has 2 rings (SSSR count). The topological polar surface area (TPSA) is 84.0 Å². The monoisotopic (exact) mass is 254 g/mol. The fourth-order valence-corrected chi connectivity index (χ4v) is 1.70. The van der Waals surface area contributed by atoms with Crippen LogP contribution in [0.25, 0.3) is 0 Å².